The molecule has 15 heteroatoms. The Balaban J connectivity index is 1.09. The summed E-state index contributed by atoms with van der Waals surface area (Å²) in [4.78, 5) is 45.3. The van der Waals surface area contributed by atoms with E-state index >= 15 is 0 Å². The Morgan fingerprint density at radius 3 is 2.40 bits per heavy atom. The zero-order valence-electron chi connectivity index (χ0n) is 40.1. The standard InChI is InChI=1S/C52H70N6O9/c1-31(2)30-57-25-21-52(22-26-57)54-43-40-41-46(61)34(5)48-42(40)49(63)51(6,66-48)65-27-12-11-18-38(67-58-23-19-36(20-24-58)56(7)35-16-9-8-10-17-35)28-37(59)29-39(60)32(3)14-13-15-33(4)50(64)53-45(47(41)62)44(43)55-52/h8-10,12-17,27,31-32,36-39,49,55,59-61,63H,11,18-26,28-30H2,1-7H3,(H,53,64)/b14-13+,27-12+,33-15-/t32?,37?,38-,39-,49?,51?/m1/s1. The number of carbonyl (C=O) groups is 2. The molecule has 9 rings (SSSR count). The third-order valence-corrected chi connectivity index (χ3v) is 14.4. The number of phenols is 1. The quantitative estimate of drug-likeness (QED) is 0.196. The van der Waals surface area contributed by atoms with Crippen LogP contribution in [0.25, 0.3) is 0 Å². The molecule has 2 aromatic rings. The molecular formula is C52H70N6O9. The smallest absolute Gasteiger partial charge is 0.277 e. The van der Waals surface area contributed by atoms with Crippen LogP contribution in [-0.2, 0) is 14.4 Å². The molecule has 6 N–H and O–H groups in total. The number of ether oxygens (including phenoxy) is 2. The third-order valence-electron chi connectivity index (χ3n) is 14.4. The van der Waals surface area contributed by atoms with Crippen LogP contribution in [0.4, 0.5) is 5.69 Å². The zero-order chi connectivity index (χ0) is 47.8. The van der Waals surface area contributed by atoms with E-state index in [4.69, 9.17) is 19.3 Å². The first-order chi connectivity index (χ1) is 32.0. The Bertz CT molecular complexity index is 2330. The van der Waals surface area contributed by atoms with Crippen molar-refractivity contribution in [2.45, 2.75) is 135 Å². The maximum Gasteiger partial charge on any atom is 0.277 e. The second kappa shape index (κ2) is 19.9. The van der Waals surface area contributed by atoms with Crippen molar-refractivity contribution in [3.05, 3.63) is 100 Å². The van der Waals surface area contributed by atoms with Gasteiger partial charge in [-0.1, -0.05) is 57.2 Å². The number of rotatable bonds is 6. The first kappa shape index (κ1) is 48.4. The highest BCUT2D eigenvalue weighted by atomic mass is 16.7. The number of phenolic OH excluding ortho intramolecular Hbond substituents is 1. The highest BCUT2D eigenvalue weighted by Crippen LogP contribution is 2.54. The summed E-state index contributed by atoms with van der Waals surface area (Å²) in [5.41, 5.74) is 2.00. The number of piperidine rings is 2. The lowest BCUT2D eigenvalue weighted by Gasteiger charge is -2.38. The largest absolute Gasteiger partial charge is 0.507 e. The van der Waals surface area contributed by atoms with Crippen LogP contribution in [0.2, 0.25) is 0 Å². The summed E-state index contributed by atoms with van der Waals surface area (Å²) in [7, 11) is 2.13. The number of allylic oxidation sites excluding steroid dienone is 5. The Morgan fingerprint density at radius 1 is 0.985 bits per heavy atom. The molecule has 67 heavy (non-hydrogen) atoms. The number of carbonyl (C=O) groups excluding carboxylic acids is 2. The molecule has 0 radical (unpaired) electrons. The van der Waals surface area contributed by atoms with Crippen LogP contribution in [-0.4, -0.2) is 123 Å². The highest BCUT2D eigenvalue weighted by Gasteiger charge is 2.54. The average Bonchev–Trinajstić information content (AvgIpc) is 3.80. The number of para-hydroxylation sites is 1. The minimum absolute atomic E-state index is 0.0471. The number of anilines is 1. The summed E-state index contributed by atoms with van der Waals surface area (Å²) >= 11 is 0. The summed E-state index contributed by atoms with van der Waals surface area (Å²) in [5, 5.41) is 55.1. The summed E-state index contributed by atoms with van der Waals surface area (Å²) in [6.07, 6.45) is 9.40. The Morgan fingerprint density at radius 2 is 1.70 bits per heavy atom. The lowest BCUT2D eigenvalue weighted by atomic mass is 9.82. The molecule has 7 aliphatic rings. The molecule has 6 heterocycles. The van der Waals surface area contributed by atoms with Gasteiger partial charge in [-0.2, -0.15) is 5.06 Å². The number of hydroxylamine groups is 2. The zero-order valence-corrected chi connectivity index (χ0v) is 40.1. The van der Waals surface area contributed by atoms with Crippen molar-refractivity contribution in [1.82, 2.24) is 20.6 Å². The van der Waals surface area contributed by atoms with E-state index in [1.165, 1.54) is 11.9 Å². The molecule has 15 nitrogen and oxygen atoms in total. The number of benzene rings is 2. The minimum atomic E-state index is -1.65. The normalized spacial score (nSPS) is 30.5. The van der Waals surface area contributed by atoms with Crippen LogP contribution in [0, 0.1) is 18.8 Å². The Hall–Kier alpha value is -5.03. The van der Waals surface area contributed by atoms with Gasteiger partial charge < -0.3 is 50.3 Å². The lowest BCUT2D eigenvalue weighted by molar-refractivity contribution is -0.215. The number of likely N-dealkylation sites (tertiary alicyclic amines) is 1. The summed E-state index contributed by atoms with van der Waals surface area (Å²) < 4.78 is 12.7. The molecular weight excluding hydrogens is 853 g/mol. The highest BCUT2D eigenvalue weighted by molar-refractivity contribution is 6.31. The molecule has 1 aliphatic carbocycles. The van der Waals surface area contributed by atoms with Gasteiger partial charge in [0.25, 0.3) is 11.7 Å². The van der Waals surface area contributed by atoms with E-state index in [0.29, 0.717) is 61.0 Å². The first-order valence-corrected chi connectivity index (χ1v) is 24.2. The van der Waals surface area contributed by atoms with Gasteiger partial charge >= 0.3 is 0 Å². The number of nitrogens with one attached hydrogen (secondary N) is 2. The average molecular weight is 923 g/mol. The maximum absolute atomic E-state index is 14.8. The molecule has 0 aromatic heterocycles. The Kier molecular flexibility index (Phi) is 14.4. The van der Waals surface area contributed by atoms with Crippen molar-refractivity contribution in [3.63, 3.8) is 0 Å². The molecule has 2 fully saturated rings. The number of nitrogens with zero attached hydrogens (tertiary/aromatic N) is 4. The maximum atomic E-state index is 14.8. The number of aliphatic hydroxyl groups is 3. The van der Waals surface area contributed by atoms with Crippen molar-refractivity contribution >= 4 is 23.1 Å². The number of aliphatic imine (C=N–C) groups is 1. The van der Waals surface area contributed by atoms with Crippen LogP contribution < -0.4 is 20.3 Å². The molecule has 0 saturated carbocycles. The van der Waals surface area contributed by atoms with E-state index < -0.39 is 41.5 Å². The topological polar surface area (TPSA) is 189 Å². The SMILES string of the molecule is C/C1=C/C=C/C(C)[C@H](O)CC(O)C[C@H](ON2CCC(N(C)c3ccccc3)CC2)CC/C=C/OC2(C)Oc3c(C)c(O)c4c(c3C2O)C2=NC3(CCN(CC(C)C)CC3)NC2=C(NC1=O)C4=O. The molecule has 5 bridgehead atoms. The van der Waals surface area contributed by atoms with E-state index in [9.17, 15) is 30.0 Å². The van der Waals surface area contributed by atoms with Crippen LogP contribution in [0.1, 0.15) is 119 Å². The van der Waals surface area contributed by atoms with Crippen molar-refractivity contribution in [2.24, 2.45) is 16.8 Å². The van der Waals surface area contributed by atoms with Crippen LogP contribution in [0.15, 0.2) is 82.9 Å². The minimum Gasteiger partial charge on any atom is -0.507 e. The second-order valence-electron chi connectivity index (χ2n) is 20.0. The van der Waals surface area contributed by atoms with Gasteiger partial charge in [0.05, 0.1) is 41.5 Å². The van der Waals surface area contributed by atoms with Gasteiger partial charge in [-0.25, -0.2) is 0 Å². The summed E-state index contributed by atoms with van der Waals surface area (Å²) in [6.45, 7) is 15.0. The third kappa shape index (κ3) is 10.1. The van der Waals surface area contributed by atoms with E-state index in [0.717, 1.165) is 45.6 Å². The van der Waals surface area contributed by atoms with Gasteiger partial charge in [0.1, 0.15) is 22.9 Å². The lowest BCUT2D eigenvalue weighted by Crippen LogP contribution is -2.50. The monoisotopic (exact) mass is 923 g/mol. The van der Waals surface area contributed by atoms with Gasteiger partial charge in [0, 0.05) is 106 Å². The van der Waals surface area contributed by atoms with Gasteiger partial charge in [-0.15, -0.1) is 0 Å². The first-order valence-electron chi connectivity index (χ1n) is 24.2. The van der Waals surface area contributed by atoms with Gasteiger partial charge in [-0.3, -0.25) is 19.4 Å². The second-order valence-corrected chi connectivity index (χ2v) is 20.0. The summed E-state index contributed by atoms with van der Waals surface area (Å²) in [5.74, 6) is -2.82. The van der Waals surface area contributed by atoms with Gasteiger partial charge in [0.2, 0.25) is 5.78 Å². The van der Waals surface area contributed by atoms with Crippen molar-refractivity contribution in [2.75, 3.05) is 44.7 Å². The van der Waals surface area contributed by atoms with E-state index in [-0.39, 0.29) is 57.9 Å². The fourth-order valence-electron chi connectivity index (χ4n) is 10.4. The molecule has 6 aliphatic heterocycles. The number of aromatic hydroxyl groups is 1. The Labute approximate surface area is 394 Å². The van der Waals surface area contributed by atoms with Crippen molar-refractivity contribution < 1.29 is 44.3 Å². The number of aliphatic hydroxyl groups excluding tert-OH is 3. The molecule has 6 atom stereocenters. The molecule has 4 unspecified atom stereocenters. The number of Topliss-reactive ketones (excluding diaryl/α,β-unsaturated/α-hetero) is 1. The van der Waals surface area contributed by atoms with Gasteiger partial charge in [0.15, 0.2) is 6.10 Å². The predicted molar refractivity (Wildman–Crippen MR) is 256 cm³/mol. The molecule has 1 amide bonds. The van der Waals surface area contributed by atoms with E-state index in [1.807, 2.05) is 36.3 Å². The van der Waals surface area contributed by atoms with Crippen molar-refractivity contribution in [1.29, 1.82) is 0 Å². The fraction of sp³-hybridized carbons (Fsp3) is 0.558. The molecule has 2 aromatic carbocycles. The fourth-order valence-corrected chi connectivity index (χ4v) is 10.4. The molecule has 1 spiro atoms. The van der Waals surface area contributed by atoms with Crippen molar-refractivity contribution in [3.8, 4) is 11.5 Å². The summed E-state index contributed by atoms with van der Waals surface area (Å²) in [6, 6.07) is 10.7. The van der Waals surface area contributed by atoms with E-state index in [1.54, 1.807) is 39.0 Å². The number of ketones is 1. The number of hydrogen-bond acceptors (Lipinski definition) is 14. The predicted octanol–water partition coefficient (Wildman–Crippen LogP) is 6.07. The van der Waals surface area contributed by atoms with Crippen LogP contribution in [0.5, 0.6) is 11.5 Å². The van der Waals surface area contributed by atoms with Gasteiger partial charge in [-0.05, 0) is 70.1 Å². The number of fused-ring (bicyclic) bond motifs is 13. The molecule has 2 saturated heterocycles. The number of amides is 1. The number of hydrogen-bond donors (Lipinski definition) is 6. The van der Waals surface area contributed by atoms with E-state index in [2.05, 4.69) is 53.5 Å². The van der Waals surface area contributed by atoms with Crippen LogP contribution in [0.3, 0.4) is 0 Å². The molecule has 362 valence electrons. The van der Waals surface area contributed by atoms with Crippen LogP contribution >= 0.6 is 0 Å².